The Bertz CT molecular complexity index is 1150. The fraction of sp³-hybridized carbons (Fsp3) is 0.200. The van der Waals surface area contributed by atoms with Gasteiger partial charge < -0.3 is 10.1 Å². The quantitative estimate of drug-likeness (QED) is 0.648. The van der Waals surface area contributed by atoms with E-state index in [9.17, 15) is 14.4 Å². The average molecular weight is 428 g/mol. The van der Waals surface area contributed by atoms with Crippen molar-refractivity contribution in [3.63, 3.8) is 0 Å². The molecular formula is C20H18ClN5O4. The highest BCUT2D eigenvalue weighted by Gasteiger charge is 2.33. The second-order valence-corrected chi connectivity index (χ2v) is 7.10. The van der Waals surface area contributed by atoms with E-state index in [4.69, 9.17) is 16.3 Å². The van der Waals surface area contributed by atoms with E-state index in [2.05, 4.69) is 10.4 Å². The van der Waals surface area contributed by atoms with Gasteiger partial charge in [-0.15, -0.1) is 0 Å². The summed E-state index contributed by atoms with van der Waals surface area (Å²) in [5.41, 5.74) is 0.849. The van der Waals surface area contributed by atoms with E-state index < -0.39 is 11.7 Å². The lowest BCUT2D eigenvalue weighted by Gasteiger charge is -2.14. The third-order valence-corrected chi connectivity index (χ3v) is 4.96. The van der Waals surface area contributed by atoms with E-state index in [1.54, 1.807) is 43.5 Å². The fourth-order valence-corrected chi connectivity index (χ4v) is 3.26. The van der Waals surface area contributed by atoms with Gasteiger partial charge in [-0.25, -0.2) is 14.3 Å². The van der Waals surface area contributed by atoms with Gasteiger partial charge in [0, 0.05) is 17.3 Å². The molecule has 10 heteroatoms. The van der Waals surface area contributed by atoms with E-state index in [0.717, 1.165) is 20.6 Å². The number of benzene rings is 2. The molecule has 9 nitrogen and oxygen atoms in total. The Morgan fingerprint density at radius 2 is 1.83 bits per heavy atom. The summed E-state index contributed by atoms with van der Waals surface area (Å²) in [7, 11) is 1.58. The number of ether oxygens (including phenoxy) is 1. The number of aromatic nitrogens is 3. The predicted octanol–water partition coefficient (Wildman–Crippen LogP) is 2.01. The predicted molar refractivity (Wildman–Crippen MR) is 110 cm³/mol. The summed E-state index contributed by atoms with van der Waals surface area (Å²) in [6.07, 6.45) is 0. The van der Waals surface area contributed by atoms with Crippen LogP contribution in [0.2, 0.25) is 5.02 Å². The summed E-state index contributed by atoms with van der Waals surface area (Å²) < 4.78 is 7.07. The molecule has 30 heavy (non-hydrogen) atoms. The van der Waals surface area contributed by atoms with Crippen molar-refractivity contribution in [2.24, 2.45) is 0 Å². The number of hydrogen-bond donors (Lipinski definition) is 1. The lowest BCUT2D eigenvalue weighted by atomic mass is 10.2. The lowest BCUT2D eigenvalue weighted by Crippen LogP contribution is -2.37. The molecule has 3 aromatic rings. The zero-order valence-electron chi connectivity index (χ0n) is 16.0. The van der Waals surface area contributed by atoms with Gasteiger partial charge in [-0.3, -0.25) is 9.69 Å². The molecule has 154 valence electrons. The third-order valence-electron chi connectivity index (χ3n) is 4.71. The smallest absolute Gasteiger partial charge is 0.354 e. The Balaban J connectivity index is 1.41. The molecule has 0 saturated carbocycles. The Hall–Kier alpha value is -3.59. The zero-order valence-corrected chi connectivity index (χ0v) is 16.8. The summed E-state index contributed by atoms with van der Waals surface area (Å²) in [4.78, 5) is 38.9. The maximum Gasteiger partial charge on any atom is 0.354 e. The lowest BCUT2D eigenvalue weighted by molar-refractivity contribution is -0.122. The molecule has 1 N–H and O–H groups in total. The Morgan fingerprint density at radius 3 is 2.47 bits per heavy atom. The SMILES string of the molecule is COc1ccc(CNC(=O)Cn2nc3n(c2=O)C(=O)N(c2ccc(Cl)cc2)C3)cc1. The molecule has 0 atom stereocenters. The fourth-order valence-electron chi connectivity index (χ4n) is 3.14. The van der Waals surface area contributed by atoms with Crippen molar-refractivity contribution in [2.45, 2.75) is 19.6 Å². The summed E-state index contributed by atoms with van der Waals surface area (Å²) in [5, 5.41) is 7.43. The van der Waals surface area contributed by atoms with Crippen molar-refractivity contribution in [1.82, 2.24) is 19.7 Å². The molecule has 2 aromatic carbocycles. The molecule has 0 saturated heterocycles. The molecule has 2 heterocycles. The molecule has 1 aromatic heterocycles. The first kappa shape index (κ1) is 19.7. The van der Waals surface area contributed by atoms with Crippen LogP contribution in [0.5, 0.6) is 5.75 Å². The van der Waals surface area contributed by atoms with Crippen LogP contribution in [-0.4, -0.2) is 33.4 Å². The van der Waals surface area contributed by atoms with Gasteiger partial charge in [-0.1, -0.05) is 23.7 Å². The second-order valence-electron chi connectivity index (χ2n) is 6.66. The van der Waals surface area contributed by atoms with Crippen molar-refractivity contribution in [1.29, 1.82) is 0 Å². The first-order chi connectivity index (χ1) is 14.5. The standard InChI is InChI=1S/C20H18ClN5O4/c1-30-16-8-2-13(3-9-16)10-22-18(27)12-25-20(29)26-17(23-25)11-24(19(26)28)15-6-4-14(21)5-7-15/h2-9H,10-12H2,1H3,(H,22,27). The summed E-state index contributed by atoms with van der Waals surface area (Å²) in [6.45, 7) is 0.161. The molecule has 4 rings (SSSR count). The molecule has 0 aliphatic carbocycles. The number of nitrogens with zero attached hydrogens (tertiary/aromatic N) is 4. The van der Waals surface area contributed by atoms with Gasteiger partial charge in [0.1, 0.15) is 12.3 Å². The highest BCUT2D eigenvalue weighted by molar-refractivity contribution is 6.30. The van der Waals surface area contributed by atoms with Crippen molar-refractivity contribution >= 4 is 29.2 Å². The first-order valence-corrected chi connectivity index (χ1v) is 9.50. The summed E-state index contributed by atoms with van der Waals surface area (Å²) in [6, 6.07) is 13.5. The molecule has 1 aliphatic rings. The maximum atomic E-state index is 12.7. The number of carbonyl (C=O) groups excluding carboxylic acids is 2. The summed E-state index contributed by atoms with van der Waals surface area (Å²) in [5.74, 6) is 0.621. The topological polar surface area (TPSA) is 98.5 Å². The normalized spacial score (nSPS) is 12.7. The van der Waals surface area contributed by atoms with E-state index in [1.807, 2.05) is 12.1 Å². The molecular weight excluding hydrogens is 410 g/mol. The van der Waals surface area contributed by atoms with Gasteiger partial charge in [0.2, 0.25) is 5.91 Å². The zero-order chi connectivity index (χ0) is 21.3. The second kappa shape index (κ2) is 8.03. The number of fused-ring (bicyclic) bond motifs is 1. The molecule has 0 spiro atoms. The Morgan fingerprint density at radius 1 is 1.13 bits per heavy atom. The van der Waals surface area contributed by atoms with Gasteiger partial charge >= 0.3 is 11.7 Å². The van der Waals surface area contributed by atoms with E-state index >= 15 is 0 Å². The number of methoxy groups -OCH3 is 1. The number of nitrogens with one attached hydrogen (secondary N) is 1. The van der Waals surface area contributed by atoms with Crippen LogP contribution in [-0.2, 0) is 24.4 Å². The first-order valence-electron chi connectivity index (χ1n) is 9.12. The highest BCUT2D eigenvalue weighted by atomic mass is 35.5. The van der Waals surface area contributed by atoms with E-state index in [-0.39, 0.29) is 24.8 Å². The number of carbonyl (C=O) groups is 2. The minimum absolute atomic E-state index is 0.135. The molecule has 0 fully saturated rings. The molecule has 1 aliphatic heterocycles. The minimum atomic E-state index is -0.647. The van der Waals surface area contributed by atoms with Gasteiger partial charge in [0.15, 0.2) is 5.82 Å². The summed E-state index contributed by atoms with van der Waals surface area (Å²) >= 11 is 5.88. The van der Waals surface area contributed by atoms with E-state index in [1.165, 1.54) is 4.90 Å². The van der Waals surface area contributed by atoms with Crippen molar-refractivity contribution in [3.05, 3.63) is 75.4 Å². The van der Waals surface area contributed by atoms with Crippen LogP contribution in [0.1, 0.15) is 11.4 Å². The largest absolute Gasteiger partial charge is 0.497 e. The van der Waals surface area contributed by atoms with Gasteiger partial charge in [0.25, 0.3) is 0 Å². The van der Waals surface area contributed by atoms with Crippen LogP contribution in [0, 0.1) is 0 Å². The van der Waals surface area contributed by atoms with Crippen LogP contribution >= 0.6 is 11.6 Å². The Kier molecular flexibility index (Phi) is 5.28. The molecule has 2 amide bonds. The number of amides is 2. The van der Waals surface area contributed by atoms with Crippen LogP contribution in [0.4, 0.5) is 10.5 Å². The van der Waals surface area contributed by atoms with E-state index in [0.29, 0.717) is 17.3 Å². The molecule has 0 unspecified atom stereocenters. The Labute approximate surface area is 176 Å². The number of anilines is 1. The van der Waals surface area contributed by atoms with Crippen LogP contribution in [0.3, 0.4) is 0 Å². The third kappa shape index (κ3) is 3.79. The van der Waals surface area contributed by atoms with Crippen LogP contribution < -0.4 is 20.6 Å². The minimum Gasteiger partial charge on any atom is -0.497 e. The van der Waals surface area contributed by atoms with Gasteiger partial charge in [-0.2, -0.15) is 9.67 Å². The number of halogens is 1. The number of rotatable bonds is 6. The molecule has 0 bridgehead atoms. The maximum absolute atomic E-state index is 12.7. The van der Waals surface area contributed by atoms with Crippen molar-refractivity contribution < 1.29 is 14.3 Å². The van der Waals surface area contributed by atoms with Gasteiger partial charge in [-0.05, 0) is 42.0 Å². The monoisotopic (exact) mass is 427 g/mol. The van der Waals surface area contributed by atoms with Crippen molar-refractivity contribution in [2.75, 3.05) is 12.0 Å². The van der Waals surface area contributed by atoms with Crippen LogP contribution in [0.15, 0.2) is 53.3 Å². The number of hydrogen-bond acceptors (Lipinski definition) is 5. The van der Waals surface area contributed by atoms with Crippen LogP contribution in [0.25, 0.3) is 0 Å². The highest BCUT2D eigenvalue weighted by Crippen LogP contribution is 2.23. The van der Waals surface area contributed by atoms with Gasteiger partial charge in [0.05, 0.1) is 13.7 Å². The average Bonchev–Trinajstić information content (AvgIpc) is 3.23. The molecule has 0 radical (unpaired) electrons. The van der Waals surface area contributed by atoms with Crippen molar-refractivity contribution in [3.8, 4) is 5.75 Å².